The summed E-state index contributed by atoms with van der Waals surface area (Å²) < 4.78 is 21.5. The average Bonchev–Trinajstić information content (AvgIpc) is 3.42. The molecule has 2 N–H and O–H groups in total. The van der Waals surface area contributed by atoms with E-state index in [-0.39, 0.29) is 46.5 Å². The van der Waals surface area contributed by atoms with Gasteiger partial charge in [0.2, 0.25) is 5.91 Å². The number of fused-ring (bicyclic) bond motifs is 2. The number of carbonyl (C=O) groups is 3. The molecule has 46 heavy (non-hydrogen) atoms. The number of urea groups is 1. The fourth-order valence-electron chi connectivity index (χ4n) is 7.49. The minimum atomic E-state index is -1.26. The molecule has 8 nitrogen and oxygen atoms in total. The monoisotopic (exact) mass is 674 g/mol. The van der Waals surface area contributed by atoms with Gasteiger partial charge in [-0.05, 0) is 87.5 Å². The standard InChI is InChI=1S/C35H45Cl2FN4O4/c1-33(2,3)19-22-20-42(31(44)39-15-12-21-13-16-41(17-14-21)32(45)46-34(4,5)6)29(24-8-7-9-26(37)28(24)38)35(22)25-11-10-23(36)18-27(25)40-30(35)43/h7-11,18,21-22,29H,12-17,19-20H2,1-6H3,(H,39,44)(H,40,43). The van der Waals surface area contributed by atoms with Gasteiger partial charge < -0.3 is 25.2 Å². The van der Waals surface area contributed by atoms with Crippen LogP contribution in [0.5, 0.6) is 0 Å². The van der Waals surface area contributed by atoms with Crippen molar-refractivity contribution in [3.8, 4) is 0 Å². The van der Waals surface area contributed by atoms with Gasteiger partial charge in [-0.15, -0.1) is 0 Å². The minimum absolute atomic E-state index is 0.0697. The summed E-state index contributed by atoms with van der Waals surface area (Å²) in [4.78, 5) is 44.2. The van der Waals surface area contributed by atoms with E-state index in [1.807, 2.05) is 26.8 Å². The van der Waals surface area contributed by atoms with Crippen molar-refractivity contribution in [2.45, 2.75) is 84.3 Å². The lowest BCUT2D eigenvalue weighted by atomic mass is 9.63. The van der Waals surface area contributed by atoms with Crippen molar-refractivity contribution >= 4 is 46.9 Å². The highest BCUT2D eigenvalue weighted by Crippen LogP contribution is 2.60. The van der Waals surface area contributed by atoms with Crippen LogP contribution in [0.2, 0.25) is 10.0 Å². The Kier molecular flexibility index (Phi) is 9.60. The van der Waals surface area contributed by atoms with Gasteiger partial charge in [0, 0.05) is 42.5 Å². The molecule has 3 atom stereocenters. The van der Waals surface area contributed by atoms with Crippen LogP contribution in [0.15, 0.2) is 36.4 Å². The maximum absolute atomic E-state index is 16.0. The van der Waals surface area contributed by atoms with Gasteiger partial charge in [0.25, 0.3) is 0 Å². The number of amides is 4. The number of nitrogens with zero attached hydrogens (tertiary/aromatic N) is 2. The van der Waals surface area contributed by atoms with Crippen molar-refractivity contribution in [3.05, 3.63) is 63.4 Å². The number of benzene rings is 2. The molecule has 0 aromatic heterocycles. The second-order valence-corrected chi connectivity index (χ2v) is 15.9. The number of likely N-dealkylation sites (tertiary alicyclic amines) is 2. The average molecular weight is 676 g/mol. The predicted molar refractivity (Wildman–Crippen MR) is 179 cm³/mol. The molecule has 1 spiro atoms. The van der Waals surface area contributed by atoms with Gasteiger partial charge >= 0.3 is 12.1 Å². The predicted octanol–water partition coefficient (Wildman–Crippen LogP) is 8.18. The normalized spacial score (nSPS) is 23.5. The first-order valence-electron chi connectivity index (χ1n) is 16.1. The second kappa shape index (κ2) is 12.9. The molecular formula is C35H45Cl2FN4O4. The highest BCUT2D eigenvalue weighted by atomic mass is 35.5. The third-order valence-corrected chi connectivity index (χ3v) is 9.87. The van der Waals surface area contributed by atoms with Gasteiger partial charge in [-0.3, -0.25) is 4.79 Å². The Morgan fingerprint density at radius 1 is 1.09 bits per heavy atom. The number of hydrogen-bond acceptors (Lipinski definition) is 4. The van der Waals surface area contributed by atoms with Crippen LogP contribution in [-0.4, -0.2) is 59.6 Å². The van der Waals surface area contributed by atoms with Crippen LogP contribution >= 0.6 is 23.2 Å². The summed E-state index contributed by atoms with van der Waals surface area (Å²) in [6.45, 7) is 13.7. The van der Waals surface area contributed by atoms with Crippen molar-refractivity contribution in [1.82, 2.24) is 15.1 Å². The molecule has 4 amide bonds. The van der Waals surface area contributed by atoms with Crippen molar-refractivity contribution in [3.63, 3.8) is 0 Å². The van der Waals surface area contributed by atoms with Crippen LogP contribution < -0.4 is 10.6 Å². The zero-order chi connectivity index (χ0) is 33.6. The molecule has 0 bridgehead atoms. The summed E-state index contributed by atoms with van der Waals surface area (Å²) >= 11 is 12.6. The van der Waals surface area contributed by atoms with Gasteiger partial charge in [-0.2, -0.15) is 0 Å². The number of nitrogens with one attached hydrogen (secondary N) is 2. The van der Waals surface area contributed by atoms with Gasteiger partial charge in [0.05, 0.1) is 11.1 Å². The number of piperidine rings is 1. The summed E-state index contributed by atoms with van der Waals surface area (Å²) in [5.74, 6) is -0.914. The fourth-order valence-corrected chi connectivity index (χ4v) is 7.84. The lowest BCUT2D eigenvalue weighted by Gasteiger charge is -2.38. The number of carbonyl (C=O) groups excluding carboxylic acids is 3. The van der Waals surface area contributed by atoms with Gasteiger partial charge in [0.1, 0.15) is 16.8 Å². The summed E-state index contributed by atoms with van der Waals surface area (Å²) in [6, 6.07) is 8.70. The van der Waals surface area contributed by atoms with Crippen molar-refractivity contribution in [2.24, 2.45) is 17.3 Å². The van der Waals surface area contributed by atoms with Crippen LogP contribution in [0.25, 0.3) is 0 Å². The van der Waals surface area contributed by atoms with Crippen molar-refractivity contribution in [1.29, 1.82) is 0 Å². The molecule has 2 saturated heterocycles. The van der Waals surface area contributed by atoms with Crippen molar-refractivity contribution < 1.29 is 23.5 Å². The summed E-state index contributed by atoms with van der Waals surface area (Å²) in [6.07, 6.45) is 2.67. The molecule has 2 aromatic carbocycles. The molecule has 3 aliphatic heterocycles. The Hall–Kier alpha value is -3.04. The van der Waals surface area contributed by atoms with Crippen molar-refractivity contribution in [2.75, 3.05) is 31.5 Å². The molecular weight excluding hydrogens is 630 g/mol. The molecule has 2 fully saturated rings. The highest BCUT2D eigenvalue weighted by molar-refractivity contribution is 6.31. The zero-order valence-corrected chi connectivity index (χ0v) is 29.0. The van der Waals surface area contributed by atoms with Crippen LogP contribution in [-0.2, 0) is 14.9 Å². The fraction of sp³-hybridized carbons (Fsp3) is 0.571. The van der Waals surface area contributed by atoms with E-state index in [1.54, 1.807) is 34.1 Å². The lowest BCUT2D eigenvalue weighted by molar-refractivity contribution is -0.123. The Balaban J connectivity index is 1.40. The molecule has 3 aliphatic rings. The smallest absolute Gasteiger partial charge is 0.410 e. The number of halogens is 3. The third-order valence-electron chi connectivity index (χ3n) is 9.35. The maximum Gasteiger partial charge on any atom is 0.410 e. The quantitative estimate of drug-likeness (QED) is 0.335. The van der Waals surface area contributed by atoms with Gasteiger partial charge in [0.15, 0.2) is 0 Å². The Morgan fingerprint density at radius 2 is 1.78 bits per heavy atom. The van der Waals surface area contributed by atoms with E-state index >= 15 is 4.39 Å². The topological polar surface area (TPSA) is 91.0 Å². The van der Waals surface area contributed by atoms with E-state index in [0.717, 1.165) is 19.3 Å². The third kappa shape index (κ3) is 6.82. The van der Waals surface area contributed by atoms with Gasteiger partial charge in [-0.1, -0.05) is 62.2 Å². The molecule has 11 heteroatoms. The SMILES string of the molecule is CC(C)(C)CC1CN(C(=O)NCCC2CCN(C(=O)OC(C)(C)C)CC2)C(c2cccc(Cl)c2F)C12C(=O)Nc1cc(Cl)ccc12. The maximum atomic E-state index is 16.0. The van der Waals surface area contributed by atoms with Crippen LogP contribution in [0.3, 0.4) is 0 Å². The Labute approximate surface area is 281 Å². The van der Waals surface area contributed by atoms with E-state index in [4.69, 9.17) is 27.9 Å². The van der Waals surface area contributed by atoms with Crippen LogP contribution in [0, 0.1) is 23.1 Å². The molecule has 0 saturated carbocycles. The van der Waals surface area contributed by atoms with E-state index in [2.05, 4.69) is 31.4 Å². The molecule has 2 aromatic rings. The first-order valence-corrected chi connectivity index (χ1v) is 16.8. The first kappa shape index (κ1) is 34.3. The Morgan fingerprint density at radius 3 is 2.43 bits per heavy atom. The minimum Gasteiger partial charge on any atom is -0.444 e. The van der Waals surface area contributed by atoms with E-state index in [1.165, 1.54) is 6.07 Å². The number of rotatable bonds is 5. The molecule has 5 rings (SSSR count). The second-order valence-electron chi connectivity index (χ2n) is 15.1. The number of ether oxygens (including phenoxy) is 1. The molecule has 0 aliphatic carbocycles. The molecule has 3 unspecified atom stereocenters. The van der Waals surface area contributed by atoms with Crippen LogP contribution in [0.4, 0.5) is 19.7 Å². The lowest BCUT2D eigenvalue weighted by Crippen LogP contribution is -2.48. The van der Waals surface area contributed by atoms with Gasteiger partial charge in [-0.25, -0.2) is 14.0 Å². The molecule has 250 valence electrons. The van der Waals surface area contributed by atoms with Crippen LogP contribution in [0.1, 0.15) is 84.4 Å². The first-order chi connectivity index (χ1) is 21.5. The highest BCUT2D eigenvalue weighted by Gasteiger charge is 2.65. The molecule has 0 radical (unpaired) electrons. The number of hydrogen-bond donors (Lipinski definition) is 2. The summed E-state index contributed by atoms with van der Waals surface area (Å²) in [7, 11) is 0. The van der Waals surface area contributed by atoms with E-state index < -0.39 is 22.9 Å². The van der Waals surface area contributed by atoms with E-state index in [9.17, 15) is 14.4 Å². The number of anilines is 1. The Bertz CT molecular complexity index is 1500. The van der Waals surface area contributed by atoms with E-state index in [0.29, 0.717) is 48.2 Å². The largest absolute Gasteiger partial charge is 0.444 e. The summed E-state index contributed by atoms with van der Waals surface area (Å²) in [5, 5.41) is 6.50. The molecule has 3 heterocycles. The zero-order valence-electron chi connectivity index (χ0n) is 27.5. The summed E-state index contributed by atoms with van der Waals surface area (Å²) in [5.41, 5.74) is -0.517.